The Labute approximate surface area is 142 Å². The van der Waals surface area contributed by atoms with E-state index in [9.17, 15) is 9.18 Å². The van der Waals surface area contributed by atoms with Gasteiger partial charge in [-0.1, -0.05) is 54.2 Å². The number of nitrogens with zero attached hydrogens (tertiary/aromatic N) is 1. The number of carboxylic acids is 1. The SMILES string of the molecule is CC(Sc1nc(-c2cccc(F)c2)c(-c2ccccc2)o1)C(=O)O. The molecule has 0 fully saturated rings. The van der Waals surface area contributed by atoms with Gasteiger partial charge in [0, 0.05) is 11.1 Å². The zero-order chi connectivity index (χ0) is 17.1. The van der Waals surface area contributed by atoms with Gasteiger partial charge in [-0.25, -0.2) is 9.37 Å². The summed E-state index contributed by atoms with van der Waals surface area (Å²) in [5.74, 6) is -0.837. The number of aliphatic carboxylic acids is 1. The van der Waals surface area contributed by atoms with Crippen molar-refractivity contribution in [2.24, 2.45) is 0 Å². The number of aromatic nitrogens is 1. The Hall–Kier alpha value is -2.60. The van der Waals surface area contributed by atoms with Gasteiger partial charge in [-0.05, 0) is 19.1 Å². The summed E-state index contributed by atoms with van der Waals surface area (Å²) >= 11 is 1.01. The lowest BCUT2D eigenvalue weighted by Gasteiger charge is -2.01. The van der Waals surface area contributed by atoms with Gasteiger partial charge in [0.1, 0.15) is 16.8 Å². The number of hydrogen-bond acceptors (Lipinski definition) is 4. The van der Waals surface area contributed by atoms with Crippen LogP contribution in [0.3, 0.4) is 0 Å². The van der Waals surface area contributed by atoms with Gasteiger partial charge in [0.15, 0.2) is 5.76 Å². The van der Waals surface area contributed by atoms with E-state index in [0.717, 1.165) is 17.3 Å². The third kappa shape index (κ3) is 3.49. The predicted octanol–water partition coefficient (Wildman–Crippen LogP) is 4.71. The van der Waals surface area contributed by atoms with E-state index in [-0.39, 0.29) is 11.0 Å². The largest absolute Gasteiger partial charge is 0.480 e. The van der Waals surface area contributed by atoms with Crippen LogP contribution < -0.4 is 0 Å². The van der Waals surface area contributed by atoms with Crippen LogP contribution in [0.1, 0.15) is 6.92 Å². The lowest BCUT2D eigenvalue weighted by Crippen LogP contribution is -2.10. The van der Waals surface area contributed by atoms with Gasteiger partial charge in [-0.3, -0.25) is 4.79 Å². The molecule has 4 nitrogen and oxygen atoms in total. The van der Waals surface area contributed by atoms with Crippen LogP contribution in [-0.2, 0) is 4.79 Å². The first-order valence-electron chi connectivity index (χ1n) is 7.26. The van der Waals surface area contributed by atoms with Gasteiger partial charge in [0.25, 0.3) is 5.22 Å². The van der Waals surface area contributed by atoms with Crippen molar-refractivity contribution in [3.05, 3.63) is 60.4 Å². The van der Waals surface area contributed by atoms with Crippen molar-refractivity contribution < 1.29 is 18.7 Å². The first kappa shape index (κ1) is 16.3. The van der Waals surface area contributed by atoms with Gasteiger partial charge in [0.05, 0.1) is 0 Å². The lowest BCUT2D eigenvalue weighted by atomic mass is 10.1. The molecule has 1 atom stereocenters. The minimum Gasteiger partial charge on any atom is -0.480 e. The fourth-order valence-electron chi connectivity index (χ4n) is 2.17. The molecule has 3 aromatic rings. The van der Waals surface area contributed by atoms with Crippen LogP contribution in [0.25, 0.3) is 22.6 Å². The Morgan fingerprint density at radius 1 is 1.17 bits per heavy atom. The Bertz CT molecular complexity index is 864. The first-order valence-corrected chi connectivity index (χ1v) is 8.14. The molecule has 0 saturated heterocycles. The Kier molecular flexibility index (Phi) is 4.66. The maximum absolute atomic E-state index is 13.6. The fraction of sp³-hybridized carbons (Fsp3) is 0.111. The molecular formula is C18H14FNO3S. The fourth-order valence-corrected chi connectivity index (χ4v) is 2.85. The van der Waals surface area contributed by atoms with E-state index >= 15 is 0 Å². The van der Waals surface area contributed by atoms with Crippen molar-refractivity contribution in [3.8, 4) is 22.6 Å². The second kappa shape index (κ2) is 6.88. The van der Waals surface area contributed by atoms with Gasteiger partial charge < -0.3 is 9.52 Å². The molecule has 0 bridgehead atoms. The summed E-state index contributed by atoms with van der Waals surface area (Å²) < 4.78 is 19.4. The summed E-state index contributed by atoms with van der Waals surface area (Å²) in [6.07, 6.45) is 0. The normalized spacial score (nSPS) is 12.1. The number of carbonyl (C=O) groups is 1. The molecule has 3 rings (SSSR count). The summed E-state index contributed by atoms with van der Waals surface area (Å²) in [5.41, 5.74) is 1.85. The van der Waals surface area contributed by atoms with Crippen molar-refractivity contribution in [3.63, 3.8) is 0 Å². The average Bonchev–Trinajstić information content (AvgIpc) is 2.99. The van der Waals surface area contributed by atoms with E-state index in [1.54, 1.807) is 19.1 Å². The number of carboxylic acid groups (broad SMARTS) is 1. The second-order valence-electron chi connectivity index (χ2n) is 5.13. The van der Waals surface area contributed by atoms with Crippen LogP contribution in [0.5, 0.6) is 0 Å². The number of thioether (sulfide) groups is 1. The van der Waals surface area contributed by atoms with Crippen LogP contribution in [0.4, 0.5) is 4.39 Å². The molecule has 1 unspecified atom stereocenters. The summed E-state index contributed by atoms with van der Waals surface area (Å²) in [6.45, 7) is 1.56. The Morgan fingerprint density at radius 3 is 2.54 bits per heavy atom. The topological polar surface area (TPSA) is 63.3 Å². The first-order chi connectivity index (χ1) is 11.5. The quantitative estimate of drug-likeness (QED) is 0.680. The summed E-state index contributed by atoms with van der Waals surface area (Å²) in [4.78, 5) is 15.4. The summed E-state index contributed by atoms with van der Waals surface area (Å²) in [5, 5.41) is 8.59. The molecule has 24 heavy (non-hydrogen) atoms. The van der Waals surface area contributed by atoms with Gasteiger partial charge in [-0.2, -0.15) is 0 Å². The highest BCUT2D eigenvalue weighted by Gasteiger charge is 2.21. The molecule has 0 saturated carbocycles. The predicted molar refractivity (Wildman–Crippen MR) is 90.3 cm³/mol. The van der Waals surface area contributed by atoms with Gasteiger partial charge in [0.2, 0.25) is 0 Å². The zero-order valence-electron chi connectivity index (χ0n) is 12.8. The number of benzene rings is 2. The van der Waals surface area contributed by atoms with Crippen LogP contribution in [-0.4, -0.2) is 21.3 Å². The molecule has 6 heteroatoms. The molecule has 0 amide bonds. The number of halogens is 1. The van der Waals surface area contributed by atoms with E-state index in [0.29, 0.717) is 17.0 Å². The molecule has 122 valence electrons. The van der Waals surface area contributed by atoms with E-state index in [1.807, 2.05) is 30.3 Å². The smallest absolute Gasteiger partial charge is 0.316 e. The van der Waals surface area contributed by atoms with Gasteiger partial charge in [-0.15, -0.1) is 0 Å². The lowest BCUT2D eigenvalue weighted by molar-refractivity contribution is -0.136. The highest BCUT2D eigenvalue weighted by molar-refractivity contribution is 8.00. The van der Waals surface area contributed by atoms with Crippen molar-refractivity contribution in [2.75, 3.05) is 0 Å². The van der Waals surface area contributed by atoms with Gasteiger partial charge >= 0.3 is 5.97 Å². The zero-order valence-corrected chi connectivity index (χ0v) is 13.6. The van der Waals surface area contributed by atoms with Crippen LogP contribution in [0.2, 0.25) is 0 Å². The van der Waals surface area contributed by atoms with Crippen molar-refractivity contribution in [1.82, 2.24) is 4.98 Å². The molecule has 0 radical (unpaired) electrons. The van der Waals surface area contributed by atoms with E-state index in [2.05, 4.69) is 4.98 Å². The standard InChI is InChI=1S/C18H14FNO3S/c1-11(17(21)22)24-18-20-15(13-8-5-9-14(19)10-13)16(23-18)12-6-3-2-4-7-12/h2-11H,1H3,(H,21,22). The molecule has 1 heterocycles. The summed E-state index contributed by atoms with van der Waals surface area (Å²) in [7, 11) is 0. The van der Waals surface area contributed by atoms with E-state index in [4.69, 9.17) is 9.52 Å². The maximum atomic E-state index is 13.6. The molecule has 2 aromatic carbocycles. The third-order valence-corrected chi connectivity index (χ3v) is 4.30. The monoisotopic (exact) mass is 343 g/mol. The van der Waals surface area contributed by atoms with E-state index < -0.39 is 11.2 Å². The van der Waals surface area contributed by atoms with Crippen LogP contribution in [0.15, 0.2) is 64.2 Å². The number of oxazole rings is 1. The molecule has 1 aromatic heterocycles. The molecule has 0 aliphatic carbocycles. The number of hydrogen-bond donors (Lipinski definition) is 1. The number of rotatable bonds is 5. The molecule has 1 N–H and O–H groups in total. The van der Waals surface area contributed by atoms with E-state index in [1.165, 1.54) is 12.1 Å². The van der Waals surface area contributed by atoms with Crippen molar-refractivity contribution in [1.29, 1.82) is 0 Å². The van der Waals surface area contributed by atoms with Crippen LogP contribution >= 0.6 is 11.8 Å². The minimum atomic E-state index is -0.952. The Balaban J connectivity index is 2.08. The molecule has 0 spiro atoms. The molecule has 0 aliphatic rings. The highest BCUT2D eigenvalue weighted by Crippen LogP contribution is 2.36. The Morgan fingerprint density at radius 2 is 1.88 bits per heavy atom. The third-order valence-electron chi connectivity index (χ3n) is 3.37. The maximum Gasteiger partial charge on any atom is 0.316 e. The average molecular weight is 343 g/mol. The summed E-state index contributed by atoms with van der Waals surface area (Å²) in [6, 6.07) is 15.4. The van der Waals surface area contributed by atoms with Crippen molar-refractivity contribution in [2.45, 2.75) is 17.4 Å². The highest BCUT2D eigenvalue weighted by atomic mass is 32.2. The molecule has 0 aliphatic heterocycles. The molecular weight excluding hydrogens is 329 g/mol. The second-order valence-corrected chi connectivity index (χ2v) is 6.42. The van der Waals surface area contributed by atoms with Crippen molar-refractivity contribution >= 4 is 17.7 Å². The minimum absolute atomic E-state index is 0.239. The van der Waals surface area contributed by atoms with Crippen LogP contribution in [0, 0.1) is 5.82 Å².